The van der Waals surface area contributed by atoms with Crippen LogP contribution in [0.2, 0.25) is 5.02 Å². The maximum absolute atomic E-state index is 9.46. The molecule has 1 aliphatic rings. The van der Waals surface area contributed by atoms with Crippen molar-refractivity contribution in [1.29, 1.82) is 5.26 Å². The Bertz CT molecular complexity index is 478. The maximum Gasteiger partial charge on any atom is 0.108 e. The molecule has 1 nitrogen and oxygen atoms in total. The van der Waals surface area contributed by atoms with Crippen LogP contribution in [0.5, 0.6) is 0 Å². The van der Waals surface area contributed by atoms with Crippen LogP contribution in [0.1, 0.15) is 33.6 Å². The van der Waals surface area contributed by atoms with Crippen LogP contribution < -0.4 is 0 Å². The van der Waals surface area contributed by atoms with Crippen molar-refractivity contribution in [2.75, 3.05) is 0 Å². The Morgan fingerprint density at radius 3 is 2.44 bits per heavy atom. The van der Waals surface area contributed by atoms with E-state index >= 15 is 0 Å². The Morgan fingerprint density at radius 2 is 1.94 bits per heavy atom. The fourth-order valence-electron chi connectivity index (χ4n) is 2.28. The van der Waals surface area contributed by atoms with Crippen LogP contribution in [0.25, 0.3) is 0 Å². The lowest BCUT2D eigenvalue weighted by Crippen LogP contribution is -2.45. The Hall–Kier alpha value is -0.650. The van der Waals surface area contributed by atoms with Gasteiger partial charge in [0.15, 0.2) is 0 Å². The van der Waals surface area contributed by atoms with E-state index in [-0.39, 0.29) is 4.75 Å². The average Bonchev–Trinajstić information content (AvgIpc) is 2.24. The molecule has 0 atom stereocenters. The molecule has 2 rings (SSSR count). The molecule has 0 heterocycles. The second kappa shape index (κ2) is 4.79. The van der Waals surface area contributed by atoms with Gasteiger partial charge in [-0.3, -0.25) is 0 Å². The van der Waals surface area contributed by atoms with Gasteiger partial charge in [-0.05, 0) is 36.3 Å². The zero-order chi connectivity index (χ0) is 13.4. The summed E-state index contributed by atoms with van der Waals surface area (Å²) in [5.74, 6) is 0.632. The van der Waals surface area contributed by atoms with Crippen LogP contribution in [-0.2, 0) is 0 Å². The maximum atomic E-state index is 9.46. The first kappa shape index (κ1) is 13.8. The molecule has 0 unspecified atom stereocenters. The van der Waals surface area contributed by atoms with Crippen molar-refractivity contribution in [2.45, 2.75) is 43.3 Å². The molecule has 0 aromatic heterocycles. The highest BCUT2D eigenvalue weighted by molar-refractivity contribution is 8.01. The first-order valence-corrected chi connectivity index (χ1v) is 7.40. The highest BCUT2D eigenvalue weighted by Crippen LogP contribution is 2.56. The van der Waals surface area contributed by atoms with Crippen molar-refractivity contribution in [3.05, 3.63) is 29.3 Å². The van der Waals surface area contributed by atoms with Gasteiger partial charge in [0, 0.05) is 4.90 Å². The zero-order valence-electron chi connectivity index (χ0n) is 11.0. The number of rotatable bonds is 2. The van der Waals surface area contributed by atoms with E-state index in [0.717, 1.165) is 22.8 Å². The lowest BCUT2D eigenvalue weighted by Gasteiger charge is -2.48. The molecular weight excluding hydrogens is 262 g/mol. The van der Waals surface area contributed by atoms with E-state index in [1.54, 1.807) is 11.8 Å². The molecule has 18 heavy (non-hydrogen) atoms. The van der Waals surface area contributed by atoms with Crippen LogP contribution in [-0.4, -0.2) is 4.75 Å². The number of halogens is 1. The Labute approximate surface area is 119 Å². The van der Waals surface area contributed by atoms with E-state index in [1.165, 1.54) is 0 Å². The molecular formula is C15H18ClNS. The topological polar surface area (TPSA) is 23.8 Å². The van der Waals surface area contributed by atoms with E-state index < -0.39 is 0 Å². The van der Waals surface area contributed by atoms with Gasteiger partial charge in [0.25, 0.3) is 0 Å². The van der Waals surface area contributed by atoms with Gasteiger partial charge in [-0.2, -0.15) is 5.26 Å². The molecule has 0 N–H and O–H groups in total. The summed E-state index contributed by atoms with van der Waals surface area (Å²) in [5.41, 5.74) is 0.293. The van der Waals surface area contributed by atoms with Crippen LogP contribution in [0, 0.1) is 22.7 Å². The van der Waals surface area contributed by atoms with Crippen molar-refractivity contribution in [1.82, 2.24) is 0 Å². The Balaban J connectivity index is 2.10. The van der Waals surface area contributed by atoms with E-state index in [0.29, 0.717) is 11.3 Å². The molecule has 0 spiro atoms. The minimum absolute atomic E-state index is 0.275. The smallest absolute Gasteiger partial charge is 0.108 e. The van der Waals surface area contributed by atoms with Crippen LogP contribution in [0.15, 0.2) is 29.2 Å². The summed E-state index contributed by atoms with van der Waals surface area (Å²) in [5, 5.41) is 10.2. The summed E-state index contributed by atoms with van der Waals surface area (Å²) >= 11 is 7.80. The summed E-state index contributed by atoms with van der Waals surface area (Å²) in [4.78, 5) is 1.02. The van der Waals surface area contributed by atoms with Crippen LogP contribution >= 0.6 is 23.4 Å². The third-order valence-corrected chi connectivity index (χ3v) is 5.56. The predicted molar refractivity (Wildman–Crippen MR) is 77.8 cm³/mol. The quantitative estimate of drug-likeness (QED) is 0.747. The molecule has 0 bridgehead atoms. The molecule has 0 radical (unpaired) electrons. The van der Waals surface area contributed by atoms with Crippen molar-refractivity contribution in [3.63, 3.8) is 0 Å². The van der Waals surface area contributed by atoms with E-state index in [2.05, 4.69) is 26.8 Å². The van der Waals surface area contributed by atoms with Crippen molar-refractivity contribution in [2.24, 2.45) is 11.3 Å². The molecule has 3 heteroatoms. The monoisotopic (exact) mass is 279 g/mol. The molecule has 0 saturated heterocycles. The van der Waals surface area contributed by atoms with Crippen molar-refractivity contribution < 1.29 is 0 Å². The first-order valence-electron chi connectivity index (χ1n) is 6.21. The van der Waals surface area contributed by atoms with Gasteiger partial charge in [0.2, 0.25) is 0 Å². The summed E-state index contributed by atoms with van der Waals surface area (Å²) < 4.78 is -0.275. The molecule has 0 amide bonds. The fourth-order valence-corrected chi connectivity index (χ4v) is 3.88. The van der Waals surface area contributed by atoms with E-state index in [1.807, 2.05) is 24.3 Å². The summed E-state index contributed by atoms with van der Waals surface area (Å²) in [6.07, 6.45) is 1.92. The highest BCUT2D eigenvalue weighted by atomic mass is 35.5. The molecule has 1 fully saturated rings. The van der Waals surface area contributed by atoms with Gasteiger partial charge in [0.1, 0.15) is 4.75 Å². The molecule has 1 aromatic rings. The van der Waals surface area contributed by atoms with Gasteiger partial charge in [-0.15, -0.1) is 11.8 Å². The third-order valence-electron chi connectivity index (χ3n) is 3.72. The minimum Gasteiger partial charge on any atom is -0.197 e. The number of hydrogen-bond acceptors (Lipinski definition) is 2. The van der Waals surface area contributed by atoms with E-state index in [9.17, 15) is 5.26 Å². The molecule has 1 aromatic carbocycles. The highest BCUT2D eigenvalue weighted by Gasteiger charge is 2.49. The SMILES string of the molecule is CC(C)(C)C1CC(C#N)(Sc2ccccc2Cl)C1. The number of nitrogens with zero attached hydrogens (tertiary/aromatic N) is 1. The summed E-state index contributed by atoms with van der Waals surface area (Å²) in [6.45, 7) is 6.75. The van der Waals surface area contributed by atoms with Gasteiger partial charge >= 0.3 is 0 Å². The molecule has 1 saturated carbocycles. The Morgan fingerprint density at radius 1 is 1.33 bits per heavy atom. The predicted octanol–water partition coefficient (Wildman–Crippen LogP) is 5.15. The molecule has 0 aliphatic heterocycles. The number of hydrogen-bond donors (Lipinski definition) is 0. The normalized spacial score (nSPS) is 27.4. The summed E-state index contributed by atoms with van der Waals surface area (Å²) in [6, 6.07) is 10.3. The van der Waals surface area contributed by atoms with Gasteiger partial charge < -0.3 is 0 Å². The van der Waals surface area contributed by atoms with Crippen molar-refractivity contribution >= 4 is 23.4 Å². The minimum atomic E-state index is -0.275. The van der Waals surface area contributed by atoms with Crippen LogP contribution in [0.3, 0.4) is 0 Å². The third kappa shape index (κ3) is 2.68. The Kier molecular flexibility index (Phi) is 3.67. The van der Waals surface area contributed by atoms with Gasteiger partial charge in [0.05, 0.1) is 11.1 Å². The number of thioether (sulfide) groups is 1. The van der Waals surface area contributed by atoms with Crippen molar-refractivity contribution in [3.8, 4) is 6.07 Å². The standard InChI is InChI=1S/C15H18ClNS/c1-14(2,3)11-8-15(9-11,10-17)18-13-7-5-4-6-12(13)16/h4-7,11H,8-9H2,1-3H3. The molecule has 96 valence electrons. The number of nitriles is 1. The zero-order valence-corrected chi connectivity index (χ0v) is 12.6. The lowest BCUT2D eigenvalue weighted by molar-refractivity contribution is 0.122. The first-order chi connectivity index (χ1) is 8.36. The van der Waals surface area contributed by atoms with E-state index in [4.69, 9.17) is 11.6 Å². The van der Waals surface area contributed by atoms with Gasteiger partial charge in [-0.25, -0.2) is 0 Å². The lowest BCUT2D eigenvalue weighted by atomic mass is 9.63. The molecule has 1 aliphatic carbocycles. The average molecular weight is 280 g/mol. The second-order valence-corrected chi connectivity index (χ2v) is 7.94. The largest absolute Gasteiger partial charge is 0.197 e. The van der Waals surface area contributed by atoms with Crippen LogP contribution in [0.4, 0.5) is 0 Å². The number of benzene rings is 1. The summed E-state index contributed by atoms with van der Waals surface area (Å²) in [7, 11) is 0. The second-order valence-electron chi connectivity index (χ2n) is 6.11. The van der Waals surface area contributed by atoms with Gasteiger partial charge in [-0.1, -0.05) is 44.5 Å². The fraction of sp³-hybridized carbons (Fsp3) is 0.533.